The van der Waals surface area contributed by atoms with Crippen molar-refractivity contribution < 1.29 is 4.74 Å². The third kappa shape index (κ3) is 1.55. The molecule has 0 aliphatic heterocycles. The van der Waals surface area contributed by atoms with E-state index in [0.29, 0.717) is 0 Å². The van der Waals surface area contributed by atoms with E-state index in [1.807, 2.05) is 13.0 Å². The highest BCUT2D eigenvalue weighted by atomic mass is 16.5. The van der Waals surface area contributed by atoms with E-state index in [1.54, 1.807) is 12.4 Å². The first-order chi connectivity index (χ1) is 5.25. The number of hydrogen-bond donors (Lipinski definition) is 1. The van der Waals surface area contributed by atoms with Crippen LogP contribution in [0, 0.1) is 12.3 Å². The molecule has 1 heterocycles. The molecular formula is C8H10N2O. The minimum Gasteiger partial charge on any atom is -0.481 e. The zero-order chi connectivity index (χ0) is 8.27. The highest BCUT2D eigenvalue weighted by Gasteiger charge is 2.02. The Morgan fingerprint density at radius 1 is 1.64 bits per heavy atom. The zero-order valence-corrected chi connectivity index (χ0v) is 6.59. The Bertz CT molecular complexity index is 271. The second kappa shape index (κ2) is 3.14. The fraction of sp³-hybridized carbons (Fsp3) is 0.250. The van der Waals surface area contributed by atoms with Gasteiger partial charge in [0.15, 0.2) is 0 Å². The second-order valence-corrected chi connectivity index (χ2v) is 2.22. The van der Waals surface area contributed by atoms with E-state index in [9.17, 15) is 0 Å². The maximum Gasteiger partial charge on any atom is 0.214 e. The Balaban J connectivity index is 3.03. The Hall–Kier alpha value is -1.38. The van der Waals surface area contributed by atoms with E-state index in [1.165, 1.54) is 7.11 Å². The Labute approximate surface area is 65.5 Å². The summed E-state index contributed by atoms with van der Waals surface area (Å²) in [4.78, 5) is 3.89. The second-order valence-electron chi connectivity index (χ2n) is 2.22. The normalized spacial score (nSPS) is 9.27. The van der Waals surface area contributed by atoms with Crippen LogP contribution in [0.1, 0.15) is 11.1 Å². The molecule has 1 rings (SSSR count). The summed E-state index contributed by atoms with van der Waals surface area (Å²) in [5, 5.41) is 7.36. The van der Waals surface area contributed by atoms with Crippen LogP contribution in [-0.4, -0.2) is 18.0 Å². The number of aryl methyl sites for hydroxylation is 1. The first-order valence-corrected chi connectivity index (χ1v) is 3.29. The molecule has 0 spiro atoms. The van der Waals surface area contributed by atoms with Gasteiger partial charge in [-0.1, -0.05) is 0 Å². The summed E-state index contributed by atoms with van der Waals surface area (Å²) >= 11 is 0. The van der Waals surface area contributed by atoms with Crippen LogP contribution < -0.4 is 0 Å². The Kier molecular flexibility index (Phi) is 2.21. The van der Waals surface area contributed by atoms with Crippen molar-refractivity contribution in [3.63, 3.8) is 0 Å². The van der Waals surface area contributed by atoms with Crippen molar-refractivity contribution in [1.29, 1.82) is 5.41 Å². The van der Waals surface area contributed by atoms with Crippen LogP contribution in [0.5, 0.6) is 0 Å². The van der Waals surface area contributed by atoms with Crippen molar-refractivity contribution in [2.45, 2.75) is 6.92 Å². The number of ether oxygens (including phenoxy) is 1. The molecule has 0 radical (unpaired) electrons. The third-order valence-corrected chi connectivity index (χ3v) is 1.49. The molecule has 11 heavy (non-hydrogen) atoms. The van der Waals surface area contributed by atoms with Gasteiger partial charge in [-0.3, -0.25) is 10.4 Å². The van der Waals surface area contributed by atoms with Crippen LogP contribution >= 0.6 is 0 Å². The molecular weight excluding hydrogens is 140 g/mol. The molecule has 0 atom stereocenters. The quantitative estimate of drug-likeness (QED) is 0.485. The minimum absolute atomic E-state index is 0.163. The van der Waals surface area contributed by atoms with Crippen LogP contribution in [0.25, 0.3) is 0 Å². The van der Waals surface area contributed by atoms with Gasteiger partial charge in [0.1, 0.15) is 0 Å². The smallest absolute Gasteiger partial charge is 0.214 e. The summed E-state index contributed by atoms with van der Waals surface area (Å²) in [5.41, 5.74) is 1.75. The lowest BCUT2D eigenvalue weighted by molar-refractivity contribution is 0.400. The molecule has 0 aliphatic rings. The van der Waals surface area contributed by atoms with Gasteiger partial charge < -0.3 is 4.74 Å². The molecule has 3 heteroatoms. The van der Waals surface area contributed by atoms with Crippen LogP contribution in [0.15, 0.2) is 18.5 Å². The molecule has 3 nitrogen and oxygen atoms in total. The Morgan fingerprint density at radius 2 is 2.36 bits per heavy atom. The molecule has 0 bridgehead atoms. The van der Waals surface area contributed by atoms with Crippen molar-refractivity contribution in [3.8, 4) is 0 Å². The summed E-state index contributed by atoms with van der Waals surface area (Å²) in [5.74, 6) is 0.163. The van der Waals surface area contributed by atoms with Crippen molar-refractivity contribution >= 4 is 5.90 Å². The van der Waals surface area contributed by atoms with E-state index in [0.717, 1.165) is 11.1 Å². The first kappa shape index (κ1) is 7.72. The van der Waals surface area contributed by atoms with Gasteiger partial charge in [0.05, 0.1) is 12.7 Å². The lowest BCUT2D eigenvalue weighted by atomic mass is 10.2. The van der Waals surface area contributed by atoms with Gasteiger partial charge in [-0.25, -0.2) is 0 Å². The minimum atomic E-state index is 0.163. The number of methoxy groups -OCH3 is 1. The molecule has 0 saturated carbocycles. The highest BCUT2D eigenvalue weighted by Crippen LogP contribution is 2.05. The lowest BCUT2D eigenvalue weighted by Crippen LogP contribution is -2.03. The fourth-order valence-corrected chi connectivity index (χ4v) is 0.812. The van der Waals surface area contributed by atoms with E-state index in [2.05, 4.69) is 4.98 Å². The standard InChI is InChI=1S/C8H10N2O/c1-6-3-4-10-5-7(6)8(9)11-2/h3-5,9H,1-2H3. The van der Waals surface area contributed by atoms with Gasteiger partial charge in [0.2, 0.25) is 5.90 Å². The maximum atomic E-state index is 7.36. The highest BCUT2D eigenvalue weighted by molar-refractivity contribution is 5.92. The number of pyridine rings is 1. The predicted octanol–water partition coefficient (Wildman–Crippen LogP) is 1.36. The zero-order valence-electron chi connectivity index (χ0n) is 6.59. The molecule has 1 aromatic heterocycles. The van der Waals surface area contributed by atoms with Crippen molar-refractivity contribution in [2.75, 3.05) is 7.11 Å². The molecule has 1 N–H and O–H groups in total. The van der Waals surface area contributed by atoms with E-state index in [-0.39, 0.29) is 5.90 Å². The first-order valence-electron chi connectivity index (χ1n) is 3.29. The number of nitrogens with zero attached hydrogens (tertiary/aromatic N) is 1. The van der Waals surface area contributed by atoms with Crippen molar-refractivity contribution in [3.05, 3.63) is 29.6 Å². The molecule has 0 saturated heterocycles. The molecule has 0 aromatic carbocycles. The van der Waals surface area contributed by atoms with Gasteiger partial charge >= 0.3 is 0 Å². The largest absolute Gasteiger partial charge is 0.481 e. The van der Waals surface area contributed by atoms with Crippen LogP contribution in [0.3, 0.4) is 0 Å². The van der Waals surface area contributed by atoms with E-state index >= 15 is 0 Å². The van der Waals surface area contributed by atoms with Crippen LogP contribution in [-0.2, 0) is 4.74 Å². The maximum absolute atomic E-state index is 7.36. The fourth-order valence-electron chi connectivity index (χ4n) is 0.812. The Morgan fingerprint density at radius 3 is 2.91 bits per heavy atom. The van der Waals surface area contributed by atoms with Crippen molar-refractivity contribution in [1.82, 2.24) is 4.98 Å². The molecule has 0 fully saturated rings. The van der Waals surface area contributed by atoms with Gasteiger partial charge in [-0.05, 0) is 18.6 Å². The summed E-state index contributed by atoms with van der Waals surface area (Å²) in [6, 6.07) is 1.85. The number of hydrogen-bond acceptors (Lipinski definition) is 3. The van der Waals surface area contributed by atoms with Crippen LogP contribution in [0.2, 0.25) is 0 Å². The molecule has 0 aliphatic carbocycles. The van der Waals surface area contributed by atoms with Gasteiger partial charge in [-0.2, -0.15) is 0 Å². The average Bonchev–Trinajstić information content (AvgIpc) is 2.04. The third-order valence-electron chi connectivity index (χ3n) is 1.49. The number of rotatable bonds is 1. The molecule has 58 valence electrons. The predicted molar refractivity (Wildman–Crippen MR) is 42.8 cm³/mol. The average molecular weight is 150 g/mol. The van der Waals surface area contributed by atoms with Crippen molar-refractivity contribution in [2.24, 2.45) is 0 Å². The van der Waals surface area contributed by atoms with E-state index in [4.69, 9.17) is 10.1 Å². The topological polar surface area (TPSA) is 46.0 Å². The number of nitrogens with one attached hydrogen (secondary N) is 1. The van der Waals surface area contributed by atoms with E-state index < -0.39 is 0 Å². The number of aromatic nitrogens is 1. The lowest BCUT2D eigenvalue weighted by Gasteiger charge is -2.03. The van der Waals surface area contributed by atoms with Crippen LogP contribution in [0.4, 0.5) is 0 Å². The summed E-state index contributed by atoms with van der Waals surface area (Å²) in [7, 11) is 1.48. The SMILES string of the molecule is COC(=N)c1cnccc1C. The van der Waals surface area contributed by atoms with Gasteiger partial charge in [0.25, 0.3) is 0 Å². The van der Waals surface area contributed by atoms with Gasteiger partial charge in [-0.15, -0.1) is 0 Å². The summed E-state index contributed by atoms with van der Waals surface area (Å²) in [6.07, 6.45) is 3.32. The monoisotopic (exact) mass is 150 g/mol. The molecule has 0 amide bonds. The summed E-state index contributed by atoms with van der Waals surface area (Å²) < 4.78 is 4.76. The molecule has 0 unspecified atom stereocenters. The molecule has 1 aromatic rings. The van der Waals surface area contributed by atoms with Gasteiger partial charge in [0, 0.05) is 12.4 Å². The summed E-state index contributed by atoms with van der Waals surface area (Å²) in [6.45, 7) is 1.92.